The zero-order valence-electron chi connectivity index (χ0n) is 8.64. The predicted octanol–water partition coefficient (Wildman–Crippen LogP) is 1.13. The van der Waals surface area contributed by atoms with Crippen molar-refractivity contribution < 1.29 is 18.0 Å². The number of carbonyl (C=O) groups excluding carboxylic acids is 1. The van der Waals surface area contributed by atoms with Gasteiger partial charge >= 0.3 is 0 Å². The Bertz CT molecular complexity index is 409. The smallest absolute Gasteiger partial charge is 0.256 e. The molecule has 1 aromatic carbocycles. The second-order valence-electron chi connectivity index (χ2n) is 3.24. The summed E-state index contributed by atoms with van der Waals surface area (Å²) in [5.41, 5.74) is 4.71. The molecule has 0 spiro atoms. The lowest BCUT2D eigenvalue weighted by atomic mass is 10.1. The molecular weight excluding hydrogens is 221 g/mol. The van der Waals surface area contributed by atoms with Crippen LogP contribution in [0.1, 0.15) is 10.4 Å². The van der Waals surface area contributed by atoms with E-state index in [2.05, 4.69) is 0 Å². The van der Waals surface area contributed by atoms with Crippen molar-refractivity contribution in [3.8, 4) is 0 Å². The molecule has 3 nitrogen and oxygen atoms in total. The first-order chi connectivity index (χ1) is 7.49. The van der Waals surface area contributed by atoms with E-state index in [0.29, 0.717) is 6.07 Å². The summed E-state index contributed by atoms with van der Waals surface area (Å²) in [6, 6.07) is 1.62. The van der Waals surface area contributed by atoms with Crippen molar-refractivity contribution in [1.29, 1.82) is 0 Å². The highest BCUT2D eigenvalue weighted by Gasteiger charge is 2.20. The average molecular weight is 232 g/mol. The van der Waals surface area contributed by atoms with E-state index in [1.54, 1.807) is 0 Å². The summed E-state index contributed by atoms with van der Waals surface area (Å²) in [6.07, 6.45) is 0. The van der Waals surface area contributed by atoms with E-state index in [4.69, 9.17) is 5.73 Å². The SMILES string of the molecule is CN(CCN)C(=O)c1ccc(F)c(F)c1F. The number of amides is 1. The van der Waals surface area contributed by atoms with Crippen LogP contribution < -0.4 is 5.73 Å². The fourth-order valence-corrected chi connectivity index (χ4v) is 1.19. The first-order valence-electron chi connectivity index (χ1n) is 4.58. The number of benzene rings is 1. The number of nitrogens with zero attached hydrogens (tertiary/aromatic N) is 1. The highest BCUT2D eigenvalue weighted by molar-refractivity contribution is 5.94. The number of hydrogen-bond acceptors (Lipinski definition) is 2. The van der Waals surface area contributed by atoms with Crippen molar-refractivity contribution >= 4 is 5.91 Å². The van der Waals surface area contributed by atoms with Crippen molar-refractivity contribution in [3.63, 3.8) is 0 Å². The Morgan fingerprint density at radius 1 is 1.31 bits per heavy atom. The number of halogens is 3. The van der Waals surface area contributed by atoms with Crippen LogP contribution in [0.2, 0.25) is 0 Å². The van der Waals surface area contributed by atoms with Gasteiger partial charge < -0.3 is 10.6 Å². The summed E-state index contributed by atoms with van der Waals surface area (Å²) in [6.45, 7) is 0.408. The third-order valence-corrected chi connectivity index (χ3v) is 2.08. The van der Waals surface area contributed by atoms with Crippen molar-refractivity contribution in [2.45, 2.75) is 0 Å². The van der Waals surface area contributed by atoms with Crippen LogP contribution in [0, 0.1) is 17.5 Å². The van der Waals surface area contributed by atoms with Crippen molar-refractivity contribution in [2.75, 3.05) is 20.1 Å². The van der Waals surface area contributed by atoms with Crippen molar-refractivity contribution in [2.24, 2.45) is 5.73 Å². The topological polar surface area (TPSA) is 46.3 Å². The first-order valence-corrected chi connectivity index (χ1v) is 4.58. The number of hydrogen-bond donors (Lipinski definition) is 1. The van der Waals surface area contributed by atoms with Crippen molar-refractivity contribution in [3.05, 3.63) is 35.1 Å². The second kappa shape index (κ2) is 4.98. The highest BCUT2D eigenvalue weighted by atomic mass is 19.2. The molecule has 0 saturated carbocycles. The molecule has 16 heavy (non-hydrogen) atoms. The summed E-state index contributed by atoms with van der Waals surface area (Å²) in [7, 11) is 1.40. The third kappa shape index (κ3) is 2.33. The fraction of sp³-hybridized carbons (Fsp3) is 0.300. The molecule has 0 aromatic heterocycles. The molecule has 0 aliphatic carbocycles. The Morgan fingerprint density at radius 3 is 2.50 bits per heavy atom. The number of likely N-dealkylation sites (N-methyl/N-ethyl adjacent to an activating group) is 1. The monoisotopic (exact) mass is 232 g/mol. The molecule has 0 radical (unpaired) electrons. The largest absolute Gasteiger partial charge is 0.340 e. The van der Waals surface area contributed by atoms with Gasteiger partial charge in [-0.3, -0.25) is 4.79 Å². The van der Waals surface area contributed by atoms with E-state index < -0.39 is 28.9 Å². The van der Waals surface area contributed by atoms with E-state index >= 15 is 0 Å². The van der Waals surface area contributed by atoms with Crippen LogP contribution in [0.4, 0.5) is 13.2 Å². The Morgan fingerprint density at radius 2 is 1.94 bits per heavy atom. The summed E-state index contributed by atoms with van der Waals surface area (Å²) in [5.74, 6) is -5.18. The standard InChI is InChI=1S/C10H11F3N2O/c1-15(5-4-14)10(16)6-2-3-7(11)9(13)8(6)12/h2-3H,4-5,14H2,1H3. The molecule has 6 heteroatoms. The normalized spacial score (nSPS) is 10.3. The predicted molar refractivity (Wildman–Crippen MR) is 52.3 cm³/mol. The highest BCUT2D eigenvalue weighted by Crippen LogP contribution is 2.16. The van der Waals surface area contributed by atoms with Gasteiger partial charge in [0.05, 0.1) is 5.56 Å². The molecule has 2 N–H and O–H groups in total. The summed E-state index contributed by atoms with van der Waals surface area (Å²) >= 11 is 0. The van der Waals surface area contributed by atoms with Gasteiger partial charge in [-0.15, -0.1) is 0 Å². The molecule has 1 aromatic rings. The Hall–Kier alpha value is -1.56. The van der Waals surface area contributed by atoms with Gasteiger partial charge in [-0.25, -0.2) is 13.2 Å². The second-order valence-corrected chi connectivity index (χ2v) is 3.24. The van der Waals surface area contributed by atoms with Crippen LogP contribution in [0.5, 0.6) is 0 Å². The minimum atomic E-state index is -1.65. The van der Waals surface area contributed by atoms with E-state index in [1.807, 2.05) is 0 Å². The molecule has 0 aliphatic rings. The minimum Gasteiger partial charge on any atom is -0.340 e. The summed E-state index contributed by atoms with van der Waals surface area (Å²) < 4.78 is 38.7. The van der Waals surface area contributed by atoms with Gasteiger partial charge in [-0.05, 0) is 12.1 Å². The molecule has 0 aliphatic heterocycles. The average Bonchev–Trinajstić information content (AvgIpc) is 2.26. The van der Waals surface area contributed by atoms with Gasteiger partial charge in [0.25, 0.3) is 5.91 Å². The van der Waals surface area contributed by atoms with Crippen LogP contribution in [0.25, 0.3) is 0 Å². The maximum absolute atomic E-state index is 13.2. The van der Waals surface area contributed by atoms with Crippen LogP contribution >= 0.6 is 0 Å². The Kier molecular flexibility index (Phi) is 3.89. The molecule has 1 amide bonds. The Balaban J connectivity index is 3.05. The first kappa shape index (κ1) is 12.5. The molecule has 0 saturated heterocycles. The van der Waals surface area contributed by atoms with Gasteiger partial charge in [-0.2, -0.15) is 0 Å². The molecule has 0 fully saturated rings. The molecule has 0 unspecified atom stereocenters. The van der Waals surface area contributed by atoms with Crippen LogP contribution in [0.15, 0.2) is 12.1 Å². The van der Waals surface area contributed by atoms with Gasteiger partial charge in [0.2, 0.25) is 0 Å². The molecule has 1 rings (SSSR count). The van der Waals surface area contributed by atoms with Crippen LogP contribution in [-0.2, 0) is 0 Å². The van der Waals surface area contributed by atoms with Crippen molar-refractivity contribution in [1.82, 2.24) is 4.90 Å². The maximum Gasteiger partial charge on any atom is 0.256 e. The van der Waals surface area contributed by atoms with E-state index in [-0.39, 0.29) is 13.1 Å². The van der Waals surface area contributed by atoms with Gasteiger partial charge in [0, 0.05) is 20.1 Å². The third-order valence-electron chi connectivity index (χ3n) is 2.08. The van der Waals surface area contributed by atoms with Gasteiger partial charge in [-0.1, -0.05) is 0 Å². The number of carbonyl (C=O) groups is 1. The summed E-state index contributed by atoms with van der Waals surface area (Å²) in [4.78, 5) is 12.7. The molecule has 0 bridgehead atoms. The van der Waals surface area contributed by atoms with Crippen LogP contribution in [-0.4, -0.2) is 30.9 Å². The quantitative estimate of drug-likeness (QED) is 0.794. The zero-order valence-corrected chi connectivity index (χ0v) is 8.64. The van der Waals surface area contributed by atoms with Gasteiger partial charge in [0.1, 0.15) is 0 Å². The lowest BCUT2D eigenvalue weighted by Crippen LogP contribution is -2.32. The minimum absolute atomic E-state index is 0.202. The Labute approximate surface area is 90.6 Å². The molecular formula is C10H11F3N2O. The number of nitrogens with two attached hydrogens (primary N) is 1. The maximum atomic E-state index is 13.2. The lowest BCUT2D eigenvalue weighted by molar-refractivity contribution is 0.0793. The zero-order chi connectivity index (χ0) is 12.3. The van der Waals surface area contributed by atoms with E-state index in [0.717, 1.165) is 11.0 Å². The molecule has 0 atom stereocenters. The van der Waals surface area contributed by atoms with Crippen LogP contribution in [0.3, 0.4) is 0 Å². The molecule has 0 heterocycles. The van der Waals surface area contributed by atoms with E-state index in [1.165, 1.54) is 7.05 Å². The molecule has 88 valence electrons. The fourth-order valence-electron chi connectivity index (χ4n) is 1.19. The van der Waals surface area contributed by atoms with Gasteiger partial charge in [0.15, 0.2) is 17.5 Å². The number of rotatable bonds is 3. The lowest BCUT2D eigenvalue weighted by Gasteiger charge is -2.16. The van der Waals surface area contributed by atoms with E-state index in [9.17, 15) is 18.0 Å². The summed E-state index contributed by atoms with van der Waals surface area (Å²) in [5, 5.41) is 0.